The molecule has 1 N–H and O–H groups in total. The number of carbonyl (C=O) groups excluding carboxylic acids is 2. The van der Waals surface area contributed by atoms with Crippen LogP contribution in [0.4, 0.5) is 10.1 Å². The van der Waals surface area contributed by atoms with Crippen LogP contribution < -0.4 is 14.8 Å². The average Bonchev–Trinajstić information content (AvgIpc) is 2.94. The molecule has 1 aliphatic rings. The van der Waals surface area contributed by atoms with E-state index in [1.54, 1.807) is 18.2 Å². The van der Waals surface area contributed by atoms with Crippen LogP contribution in [0, 0.1) is 5.82 Å². The number of hydrogen-bond acceptors (Lipinski definition) is 4. The summed E-state index contributed by atoms with van der Waals surface area (Å²) in [5.41, 5.74) is 2.07. The van der Waals surface area contributed by atoms with Crippen LogP contribution in [0.2, 0.25) is 0 Å². The highest BCUT2D eigenvalue weighted by Gasteiger charge is 2.34. The maximum Gasteiger partial charge on any atom is 0.255 e. The third-order valence-corrected chi connectivity index (χ3v) is 5.21. The number of rotatable bonds is 4. The molecule has 0 aromatic heterocycles. The van der Waals surface area contributed by atoms with Crippen molar-refractivity contribution in [2.24, 2.45) is 0 Å². The topological polar surface area (TPSA) is 67.9 Å². The minimum atomic E-state index is -0.661. The van der Waals surface area contributed by atoms with Gasteiger partial charge in [0.1, 0.15) is 12.4 Å². The van der Waals surface area contributed by atoms with E-state index in [2.05, 4.69) is 5.32 Å². The van der Waals surface area contributed by atoms with Gasteiger partial charge in [-0.05, 0) is 42.0 Å². The molecule has 0 spiro atoms. The van der Waals surface area contributed by atoms with E-state index in [1.165, 1.54) is 37.3 Å². The molecule has 0 fully saturated rings. The van der Waals surface area contributed by atoms with Gasteiger partial charge in [0.2, 0.25) is 5.91 Å². The standard InChI is InChI=1S/C24H21FN2O4/c1-30-20-11-8-16(12-21(20)31-2)24(29)27-14-22(28)26-19-10-9-17(25)13-18(19)23(27)15-6-4-3-5-7-15/h3-13,23H,14H2,1-2H3,(H,26,28). The Morgan fingerprint density at radius 2 is 1.74 bits per heavy atom. The first-order chi connectivity index (χ1) is 15.0. The molecule has 0 saturated heterocycles. The fourth-order valence-electron chi connectivity index (χ4n) is 3.80. The smallest absolute Gasteiger partial charge is 0.255 e. The van der Waals surface area contributed by atoms with Gasteiger partial charge in [0.25, 0.3) is 5.91 Å². The number of ether oxygens (including phenoxy) is 2. The Morgan fingerprint density at radius 1 is 1.00 bits per heavy atom. The lowest BCUT2D eigenvalue weighted by atomic mass is 9.95. The normalized spacial score (nSPS) is 15.5. The number of nitrogens with one attached hydrogen (secondary N) is 1. The Bertz CT molecular complexity index is 1130. The van der Waals surface area contributed by atoms with E-state index in [0.29, 0.717) is 28.3 Å². The number of amides is 2. The van der Waals surface area contributed by atoms with Gasteiger partial charge in [-0.3, -0.25) is 9.59 Å². The quantitative estimate of drug-likeness (QED) is 0.692. The highest BCUT2D eigenvalue weighted by molar-refractivity contribution is 6.01. The molecule has 0 saturated carbocycles. The van der Waals surface area contributed by atoms with Crippen LogP contribution in [0.15, 0.2) is 66.7 Å². The summed E-state index contributed by atoms with van der Waals surface area (Å²) in [5, 5.41) is 2.78. The average molecular weight is 420 g/mol. The van der Waals surface area contributed by atoms with Crippen LogP contribution in [0.3, 0.4) is 0 Å². The highest BCUT2D eigenvalue weighted by atomic mass is 19.1. The Morgan fingerprint density at radius 3 is 2.45 bits per heavy atom. The number of carbonyl (C=O) groups is 2. The van der Waals surface area contributed by atoms with Gasteiger partial charge < -0.3 is 19.7 Å². The van der Waals surface area contributed by atoms with Crippen molar-refractivity contribution in [3.8, 4) is 11.5 Å². The lowest BCUT2D eigenvalue weighted by Crippen LogP contribution is -2.39. The zero-order chi connectivity index (χ0) is 22.0. The molecule has 158 valence electrons. The van der Waals surface area contributed by atoms with E-state index in [9.17, 15) is 14.0 Å². The van der Waals surface area contributed by atoms with Crippen LogP contribution in [0.5, 0.6) is 11.5 Å². The Balaban J connectivity index is 1.86. The number of nitrogens with zero attached hydrogens (tertiary/aromatic N) is 1. The Hall–Kier alpha value is -3.87. The summed E-state index contributed by atoms with van der Waals surface area (Å²) < 4.78 is 24.8. The van der Waals surface area contributed by atoms with Crippen molar-refractivity contribution < 1.29 is 23.5 Å². The minimum Gasteiger partial charge on any atom is -0.493 e. The molecular weight excluding hydrogens is 399 g/mol. The Labute approximate surface area is 179 Å². The fraction of sp³-hybridized carbons (Fsp3) is 0.167. The fourth-order valence-corrected chi connectivity index (χ4v) is 3.80. The molecule has 1 aliphatic heterocycles. The third kappa shape index (κ3) is 3.94. The van der Waals surface area contributed by atoms with Crippen LogP contribution >= 0.6 is 0 Å². The lowest BCUT2D eigenvalue weighted by molar-refractivity contribution is -0.117. The molecule has 1 unspecified atom stereocenters. The largest absolute Gasteiger partial charge is 0.493 e. The summed E-state index contributed by atoms with van der Waals surface area (Å²) in [4.78, 5) is 27.7. The number of methoxy groups -OCH3 is 2. The van der Waals surface area contributed by atoms with E-state index in [-0.39, 0.29) is 18.4 Å². The summed E-state index contributed by atoms with van der Waals surface area (Å²) in [6, 6.07) is 17.6. The van der Waals surface area contributed by atoms with Crippen molar-refractivity contribution >= 4 is 17.5 Å². The molecular formula is C24H21FN2O4. The molecule has 0 bridgehead atoms. The molecule has 4 rings (SSSR count). The third-order valence-electron chi connectivity index (χ3n) is 5.21. The van der Waals surface area contributed by atoms with Crippen molar-refractivity contribution in [2.45, 2.75) is 6.04 Å². The van der Waals surface area contributed by atoms with Gasteiger partial charge in [0.15, 0.2) is 11.5 Å². The van der Waals surface area contributed by atoms with Crippen molar-refractivity contribution in [1.82, 2.24) is 4.90 Å². The van der Waals surface area contributed by atoms with Gasteiger partial charge in [-0.2, -0.15) is 0 Å². The molecule has 1 atom stereocenters. The first-order valence-electron chi connectivity index (χ1n) is 9.69. The molecule has 31 heavy (non-hydrogen) atoms. The number of hydrogen-bond donors (Lipinski definition) is 1. The number of benzene rings is 3. The van der Waals surface area contributed by atoms with E-state index in [0.717, 1.165) is 5.56 Å². The van der Waals surface area contributed by atoms with E-state index in [4.69, 9.17) is 9.47 Å². The number of anilines is 1. The monoisotopic (exact) mass is 420 g/mol. The molecule has 2 amide bonds. The maximum absolute atomic E-state index is 14.2. The van der Waals surface area contributed by atoms with Gasteiger partial charge in [-0.1, -0.05) is 30.3 Å². The Kier molecular flexibility index (Phi) is 5.58. The lowest BCUT2D eigenvalue weighted by Gasteiger charge is -2.30. The van der Waals surface area contributed by atoms with Gasteiger partial charge in [-0.25, -0.2) is 4.39 Å². The summed E-state index contributed by atoms with van der Waals surface area (Å²) >= 11 is 0. The molecule has 6 nitrogen and oxygen atoms in total. The van der Waals surface area contributed by atoms with Crippen molar-refractivity contribution in [3.63, 3.8) is 0 Å². The SMILES string of the molecule is COc1ccc(C(=O)N2CC(=O)Nc3ccc(F)cc3C2c2ccccc2)cc1OC. The van der Waals surface area contributed by atoms with Gasteiger partial charge in [-0.15, -0.1) is 0 Å². The predicted octanol–water partition coefficient (Wildman–Crippen LogP) is 4.03. The van der Waals surface area contributed by atoms with Gasteiger partial charge >= 0.3 is 0 Å². The molecule has 0 radical (unpaired) electrons. The number of fused-ring (bicyclic) bond motifs is 1. The van der Waals surface area contributed by atoms with Crippen molar-refractivity contribution in [1.29, 1.82) is 0 Å². The van der Waals surface area contributed by atoms with Gasteiger partial charge in [0, 0.05) is 16.8 Å². The molecule has 0 aliphatic carbocycles. The van der Waals surface area contributed by atoms with Crippen LogP contribution in [0.1, 0.15) is 27.5 Å². The van der Waals surface area contributed by atoms with Gasteiger partial charge in [0.05, 0.1) is 20.3 Å². The first-order valence-corrected chi connectivity index (χ1v) is 9.69. The zero-order valence-electron chi connectivity index (χ0n) is 17.1. The van der Waals surface area contributed by atoms with Crippen LogP contribution in [-0.4, -0.2) is 37.5 Å². The minimum absolute atomic E-state index is 0.191. The summed E-state index contributed by atoms with van der Waals surface area (Å²) in [6.07, 6.45) is 0. The second kappa shape index (κ2) is 8.47. The summed E-state index contributed by atoms with van der Waals surface area (Å²) in [7, 11) is 2.99. The van der Waals surface area contributed by atoms with Crippen molar-refractivity contribution in [3.05, 3.63) is 89.2 Å². The molecule has 3 aromatic carbocycles. The van der Waals surface area contributed by atoms with E-state index < -0.39 is 11.9 Å². The van der Waals surface area contributed by atoms with Crippen molar-refractivity contribution in [2.75, 3.05) is 26.1 Å². The van der Waals surface area contributed by atoms with Crippen LogP contribution in [-0.2, 0) is 4.79 Å². The van der Waals surface area contributed by atoms with E-state index >= 15 is 0 Å². The maximum atomic E-state index is 14.2. The second-order valence-corrected chi connectivity index (χ2v) is 7.10. The molecule has 7 heteroatoms. The summed E-state index contributed by atoms with van der Waals surface area (Å²) in [6.45, 7) is -0.191. The zero-order valence-corrected chi connectivity index (χ0v) is 17.1. The molecule has 1 heterocycles. The first kappa shape index (κ1) is 20.4. The van der Waals surface area contributed by atoms with E-state index in [1.807, 2.05) is 30.3 Å². The highest BCUT2D eigenvalue weighted by Crippen LogP contribution is 2.37. The predicted molar refractivity (Wildman–Crippen MR) is 114 cm³/mol. The number of halogens is 1. The molecule has 3 aromatic rings. The summed E-state index contributed by atoms with van der Waals surface area (Å²) in [5.74, 6) is -0.313. The second-order valence-electron chi connectivity index (χ2n) is 7.10. The van der Waals surface area contributed by atoms with Crippen LogP contribution in [0.25, 0.3) is 0 Å².